The average Bonchev–Trinajstić information content (AvgIpc) is 2.88. The first kappa shape index (κ1) is 26.8. The fraction of sp³-hybridized carbons (Fsp3) is 0.214. The standard InChI is InChI=1S/C28H26Br2N4O3/c1-4-17(2)27-33-24-11-9-21(30)14-22(24)28(36)34(27)31-15-19-13-20(29)10-12-25(19)37-16-26(35)32-23-8-6-5-7-18(23)3/h5-15,17H,4,16H2,1-3H3,(H,32,35)/t17-/m0/s1. The number of halogens is 2. The van der Waals surface area contributed by atoms with Crippen molar-refractivity contribution in [3.63, 3.8) is 0 Å². The number of rotatable bonds is 8. The molecule has 4 aromatic rings. The van der Waals surface area contributed by atoms with E-state index < -0.39 is 0 Å². The summed E-state index contributed by atoms with van der Waals surface area (Å²) < 4.78 is 8.78. The normalized spacial score (nSPS) is 12.1. The summed E-state index contributed by atoms with van der Waals surface area (Å²) >= 11 is 6.91. The van der Waals surface area contributed by atoms with Gasteiger partial charge in [-0.3, -0.25) is 9.59 Å². The van der Waals surface area contributed by atoms with Crippen molar-refractivity contribution in [2.45, 2.75) is 33.1 Å². The molecule has 4 rings (SSSR count). The lowest BCUT2D eigenvalue weighted by molar-refractivity contribution is -0.118. The van der Waals surface area contributed by atoms with Gasteiger partial charge in [0, 0.05) is 26.1 Å². The van der Waals surface area contributed by atoms with Crippen molar-refractivity contribution in [3.05, 3.63) is 96.9 Å². The number of benzene rings is 3. The van der Waals surface area contributed by atoms with Crippen molar-refractivity contribution >= 4 is 60.6 Å². The van der Waals surface area contributed by atoms with Gasteiger partial charge in [0.1, 0.15) is 11.6 Å². The Bertz CT molecular complexity index is 1550. The van der Waals surface area contributed by atoms with Gasteiger partial charge in [0.25, 0.3) is 11.5 Å². The lowest BCUT2D eigenvalue weighted by Gasteiger charge is -2.14. The Morgan fingerprint density at radius 1 is 1.14 bits per heavy atom. The minimum Gasteiger partial charge on any atom is -0.483 e. The van der Waals surface area contributed by atoms with E-state index in [4.69, 9.17) is 9.72 Å². The molecule has 9 heteroatoms. The van der Waals surface area contributed by atoms with E-state index in [1.807, 2.05) is 69.3 Å². The van der Waals surface area contributed by atoms with Gasteiger partial charge in [0.05, 0.1) is 17.1 Å². The molecule has 1 N–H and O–H groups in total. The first-order valence-corrected chi connectivity index (χ1v) is 13.4. The highest BCUT2D eigenvalue weighted by molar-refractivity contribution is 9.10. The molecule has 1 heterocycles. The second-order valence-corrected chi connectivity index (χ2v) is 10.5. The zero-order valence-corrected chi connectivity index (χ0v) is 23.8. The Kier molecular flexibility index (Phi) is 8.56. The minimum atomic E-state index is -0.278. The van der Waals surface area contributed by atoms with Crippen molar-refractivity contribution < 1.29 is 9.53 Å². The van der Waals surface area contributed by atoms with Crippen LogP contribution in [0.25, 0.3) is 10.9 Å². The molecule has 0 aliphatic carbocycles. The number of carbonyl (C=O) groups is 1. The maximum atomic E-state index is 13.4. The van der Waals surface area contributed by atoms with E-state index in [1.165, 1.54) is 4.68 Å². The second-order valence-electron chi connectivity index (χ2n) is 8.64. The van der Waals surface area contributed by atoms with E-state index in [9.17, 15) is 9.59 Å². The average molecular weight is 626 g/mol. The van der Waals surface area contributed by atoms with Crippen LogP contribution in [0.3, 0.4) is 0 Å². The van der Waals surface area contributed by atoms with Gasteiger partial charge < -0.3 is 10.1 Å². The van der Waals surface area contributed by atoms with E-state index >= 15 is 0 Å². The van der Waals surface area contributed by atoms with Gasteiger partial charge in [-0.05, 0) is 61.4 Å². The molecular formula is C28H26Br2N4O3. The van der Waals surface area contributed by atoms with Crippen LogP contribution < -0.4 is 15.6 Å². The molecule has 190 valence electrons. The Morgan fingerprint density at radius 3 is 2.62 bits per heavy atom. The number of hydrogen-bond donors (Lipinski definition) is 1. The quantitative estimate of drug-likeness (QED) is 0.222. The zero-order valence-electron chi connectivity index (χ0n) is 20.7. The molecule has 7 nitrogen and oxygen atoms in total. The van der Waals surface area contributed by atoms with E-state index in [2.05, 4.69) is 42.3 Å². The predicted octanol–water partition coefficient (Wildman–Crippen LogP) is 6.64. The molecule has 0 saturated carbocycles. The van der Waals surface area contributed by atoms with Crippen LogP contribution in [-0.4, -0.2) is 28.4 Å². The lowest BCUT2D eigenvalue weighted by Crippen LogP contribution is -2.24. The molecule has 37 heavy (non-hydrogen) atoms. The highest BCUT2D eigenvalue weighted by atomic mass is 79.9. The van der Waals surface area contributed by atoms with Gasteiger partial charge in [-0.15, -0.1) is 0 Å². The molecule has 0 saturated heterocycles. The smallest absolute Gasteiger partial charge is 0.282 e. The van der Waals surface area contributed by atoms with Crippen LogP contribution in [0.4, 0.5) is 5.69 Å². The number of aromatic nitrogens is 2. The zero-order chi connectivity index (χ0) is 26.5. The summed E-state index contributed by atoms with van der Waals surface area (Å²) in [5, 5.41) is 7.86. The number of carbonyl (C=O) groups excluding carboxylic acids is 1. The molecule has 1 amide bonds. The molecule has 0 unspecified atom stereocenters. The van der Waals surface area contributed by atoms with Crippen LogP contribution in [0.2, 0.25) is 0 Å². The fourth-order valence-corrected chi connectivity index (χ4v) is 4.43. The minimum absolute atomic E-state index is 0.0151. The largest absolute Gasteiger partial charge is 0.483 e. The third kappa shape index (κ3) is 6.34. The second kappa shape index (κ2) is 11.8. The van der Waals surface area contributed by atoms with Crippen molar-refractivity contribution in [2.75, 3.05) is 11.9 Å². The van der Waals surface area contributed by atoms with Crippen molar-refractivity contribution in [1.82, 2.24) is 9.66 Å². The van der Waals surface area contributed by atoms with Crippen LogP contribution >= 0.6 is 31.9 Å². The lowest BCUT2D eigenvalue weighted by atomic mass is 10.1. The first-order valence-electron chi connectivity index (χ1n) is 11.8. The number of ether oxygens (including phenoxy) is 1. The summed E-state index contributed by atoms with van der Waals surface area (Å²) in [5.41, 5.74) is 2.68. The molecule has 0 aliphatic rings. The van der Waals surface area contributed by atoms with E-state index in [1.54, 1.807) is 18.3 Å². The third-order valence-electron chi connectivity index (χ3n) is 5.95. The number of para-hydroxylation sites is 1. The number of anilines is 1. The van der Waals surface area contributed by atoms with Crippen LogP contribution in [0.1, 0.15) is 43.1 Å². The molecule has 0 radical (unpaired) electrons. The highest BCUT2D eigenvalue weighted by Gasteiger charge is 2.16. The molecule has 0 fully saturated rings. The molecule has 0 aliphatic heterocycles. The van der Waals surface area contributed by atoms with Gasteiger partial charge >= 0.3 is 0 Å². The van der Waals surface area contributed by atoms with E-state index in [-0.39, 0.29) is 24.0 Å². The summed E-state index contributed by atoms with van der Waals surface area (Å²) in [6, 6.07) is 18.4. The van der Waals surface area contributed by atoms with E-state index in [0.29, 0.717) is 28.0 Å². The summed E-state index contributed by atoms with van der Waals surface area (Å²) in [7, 11) is 0. The van der Waals surface area contributed by atoms with Crippen LogP contribution in [0, 0.1) is 6.92 Å². The number of fused-ring (bicyclic) bond motifs is 1. The Balaban J connectivity index is 1.64. The summed E-state index contributed by atoms with van der Waals surface area (Å²) in [5.74, 6) is 0.774. The molecule has 1 aromatic heterocycles. The van der Waals surface area contributed by atoms with Gasteiger partial charge in [0.15, 0.2) is 6.61 Å². The predicted molar refractivity (Wildman–Crippen MR) is 155 cm³/mol. The molecule has 0 bridgehead atoms. The van der Waals surface area contributed by atoms with Crippen LogP contribution in [0.15, 0.2) is 79.5 Å². The fourth-order valence-electron chi connectivity index (χ4n) is 3.69. The Labute approximate surface area is 231 Å². The first-order chi connectivity index (χ1) is 17.8. The molecule has 0 spiro atoms. The maximum Gasteiger partial charge on any atom is 0.282 e. The van der Waals surface area contributed by atoms with Gasteiger partial charge in [-0.25, -0.2) is 4.98 Å². The van der Waals surface area contributed by atoms with Crippen LogP contribution in [0.5, 0.6) is 5.75 Å². The van der Waals surface area contributed by atoms with Crippen molar-refractivity contribution in [1.29, 1.82) is 0 Å². The number of nitrogens with one attached hydrogen (secondary N) is 1. The Morgan fingerprint density at radius 2 is 1.86 bits per heavy atom. The molecular weight excluding hydrogens is 600 g/mol. The Hall–Kier alpha value is -3.30. The summed E-state index contributed by atoms with van der Waals surface area (Å²) in [4.78, 5) is 30.7. The number of hydrogen-bond acceptors (Lipinski definition) is 5. The maximum absolute atomic E-state index is 13.4. The van der Waals surface area contributed by atoms with Crippen molar-refractivity contribution in [3.8, 4) is 5.75 Å². The molecule has 3 aromatic carbocycles. The van der Waals surface area contributed by atoms with Crippen LogP contribution in [-0.2, 0) is 4.79 Å². The van der Waals surface area contributed by atoms with E-state index in [0.717, 1.165) is 26.6 Å². The summed E-state index contributed by atoms with van der Waals surface area (Å²) in [6.45, 7) is 5.80. The number of amides is 1. The third-order valence-corrected chi connectivity index (χ3v) is 6.94. The van der Waals surface area contributed by atoms with Crippen molar-refractivity contribution in [2.24, 2.45) is 5.10 Å². The summed E-state index contributed by atoms with van der Waals surface area (Å²) in [6.07, 6.45) is 2.35. The monoisotopic (exact) mass is 624 g/mol. The highest BCUT2D eigenvalue weighted by Crippen LogP contribution is 2.24. The number of nitrogens with zero attached hydrogens (tertiary/aromatic N) is 3. The van der Waals surface area contributed by atoms with Gasteiger partial charge in [-0.1, -0.05) is 63.9 Å². The topological polar surface area (TPSA) is 85.6 Å². The SMILES string of the molecule is CC[C@H](C)c1nc2ccc(Br)cc2c(=O)n1N=Cc1cc(Br)ccc1OCC(=O)Nc1ccccc1C. The molecule has 1 atom stereocenters. The van der Waals surface area contributed by atoms with Gasteiger partial charge in [0.2, 0.25) is 0 Å². The van der Waals surface area contributed by atoms with Gasteiger partial charge in [-0.2, -0.15) is 9.78 Å². The number of aryl methyl sites for hydroxylation is 1.